The molecule has 0 saturated heterocycles. The molecule has 2 N–H and O–H groups in total. The molecule has 0 aliphatic carbocycles. The number of nitrogens with zero attached hydrogens (tertiary/aromatic N) is 8. The molecule has 6 rings (SSSR count). The second kappa shape index (κ2) is 9.80. The summed E-state index contributed by atoms with van der Waals surface area (Å²) < 4.78 is 3.30. The number of carboxylic acid groups (broad SMARTS) is 1. The van der Waals surface area contributed by atoms with Gasteiger partial charge in [-0.05, 0) is 72.2 Å². The van der Waals surface area contributed by atoms with E-state index in [1.807, 2.05) is 12.1 Å². The largest absolute Gasteiger partial charge is 0.465 e. The van der Waals surface area contributed by atoms with Gasteiger partial charge in [-0.1, -0.05) is 11.6 Å². The number of aryl methyl sites for hydroxylation is 1. The lowest BCUT2D eigenvalue weighted by molar-refractivity contribution is 0.202. The summed E-state index contributed by atoms with van der Waals surface area (Å²) in [4.78, 5) is 38.1. The van der Waals surface area contributed by atoms with Crippen LogP contribution in [0.3, 0.4) is 0 Å². The van der Waals surface area contributed by atoms with E-state index < -0.39 is 6.09 Å². The first-order valence-corrected chi connectivity index (χ1v) is 12.6. The zero-order chi connectivity index (χ0) is 27.1. The Kier molecular flexibility index (Phi) is 6.15. The van der Waals surface area contributed by atoms with Gasteiger partial charge in [-0.3, -0.25) is 9.69 Å². The van der Waals surface area contributed by atoms with Gasteiger partial charge < -0.3 is 14.7 Å². The molecular formula is C26H22ClN9O3. The SMILES string of the molecule is CCN(C(=O)O)c1ccc(-c2cnc([C@@H]3CCc4cc(-c5cc(Cl)ccc5-n5cnnn5)cc(=O)n43)[nH]2)cn1. The van der Waals surface area contributed by atoms with Crippen LogP contribution in [0.2, 0.25) is 5.02 Å². The van der Waals surface area contributed by atoms with Crippen molar-refractivity contribution < 1.29 is 9.90 Å². The average Bonchev–Trinajstić information content (AvgIpc) is 3.70. The smallest absolute Gasteiger partial charge is 0.412 e. The number of tetrazole rings is 1. The number of hydrogen-bond acceptors (Lipinski definition) is 7. The topological polar surface area (TPSA) is 148 Å². The zero-order valence-corrected chi connectivity index (χ0v) is 21.4. The van der Waals surface area contributed by atoms with Crippen LogP contribution in [0.15, 0.2) is 66.0 Å². The van der Waals surface area contributed by atoms with E-state index in [0.29, 0.717) is 41.7 Å². The van der Waals surface area contributed by atoms with Crippen molar-refractivity contribution in [2.45, 2.75) is 25.8 Å². The van der Waals surface area contributed by atoms with Crippen molar-refractivity contribution in [1.29, 1.82) is 0 Å². The molecule has 0 radical (unpaired) electrons. The van der Waals surface area contributed by atoms with Crippen molar-refractivity contribution in [3.05, 3.63) is 88.1 Å². The molecule has 1 aliphatic heterocycles. The van der Waals surface area contributed by atoms with Crippen molar-refractivity contribution in [1.82, 2.24) is 39.7 Å². The molecule has 1 aromatic carbocycles. The van der Waals surface area contributed by atoms with Gasteiger partial charge in [0, 0.05) is 40.7 Å². The van der Waals surface area contributed by atoms with E-state index in [0.717, 1.165) is 33.0 Å². The number of fused-ring (bicyclic) bond motifs is 1. The minimum atomic E-state index is -1.06. The van der Waals surface area contributed by atoms with Crippen LogP contribution >= 0.6 is 11.6 Å². The van der Waals surface area contributed by atoms with E-state index in [-0.39, 0.29) is 11.6 Å². The normalized spacial score (nSPS) is 14.4. The number of pyridine rings is 2. The summed E-state index contributed by atoms with van der Waals surface area (Å²) >= 11 is 6.30. The second-order valence-corrected chi connectivity index (χ2v) is 9.46. The van der Waals surface area contributed by atoms with Crippen LogP contribution in [-0.4, -0.2) is 57.5 Å². The molecule has 196 valence electrons. The maximum absolute atomic E-state index is 13.4. The molecule has 5 aromatic rings. The van der Waals surface area contributed by atoms with Gasteiger partial charge >= 0.3 is 6.09 Å². The third-order valence-electron chi connectivity index (χ3n) is 6.79. The van der Waals surface area contributed by atoms with Gasteiger partial charge in [0.05, 0.1) is 23.6 Å². The minimum absolute atomic E-state index is 0.148. The Hall–Kier alpha value is -4.84. The summed E-state index contributed by atoms with van der Waals surface area (Å²) in [7, 11) is 0. The fraction of sp³-hybridized carbons (Fsp3) is 0.192. The Morgan fingerprint density at radius 2 is 2.03 bits per heavy atom. The highest BCUT2D eigenvalue weighted by Crippen LogP contribution is 2.34. The molecular weight excluding hydrogens is 522 g/mol. The highest BCUT2D eigenvalue weighted by molar-refractivity contribution is 6.31. The number of rotatable bonds is 6. The minimum Gasteiger partial charge on any atom is -0.465 e. The Bertz CT molecular complexity index is 1730. The van der Waals surface area contributed by atoms with Crippen LogP contribution in [0.4, 0.5) is 10.6 Å². The van der Waals surface area contributed by atoms with Crippen LogP contribution in [0.5, 0.6) is 0 Å². The van der Waals surface area contributed by atoms with Gasteiger partial charge in [0.1, 0.15) is 18.0 Å². The Morgan fingerprint density at radius 3 is 2.74 bits per heavy atom. The summed E-state index contributed by atoms with van der Waals surface area (Å²) in [5.41, 5.74) is 4.42. The van der Waals surface area contributed by atoms with Crippen LogP contribution in [0.25, 0.3) is 28.1 Å². The summed E-state index contributed by atoms with van der Waals surface area (Å²) in [6.45, 7) is 2.04. The van der Waals surface area contributed by atoms with Gasteiger partial charge in [-0.25, -0.2) is 14.8 Å². The van der Waals surface area contributed by atoms with Crippen LogP contribution in [0, 0.1) is 0 Å². The average molecular weight is 544 g/mol. The van der Waals surface area contributed by atoms with Crippen molar-refractivity contribution in [2.75, 3.05) is 11.4 Å². The molecule has 1 aliphatic rings. The number of anilines is 1. The quantitative estimate of drug-likeness (QED) is 0.327. The molecule has 13 heteroatoms. The first-order chi connectivity index (χ1) is 18.9. The van der Waals surface area contributed by atoms with E-state index in [2.05, 4.69) is 30.5 Å². The van der Waals surface area contributed by atoms with E-state index in [1.54, 1.807) is 54.2 Å². The second-order valence-electron chi connectivity index (χ2n) is 9.03. The third kappa shape index (κ3) is 4.44. The number of imidazole rings is 1. The molecule has 0 spiro atoms. The Morgan fingerprint density at radius 1 is 1.15 bits per heavy atom. The van der Waals surface area contributed by atoms with Gasteiger partial charge in [0.15, 0.2) is 0 Å². The molecule has 39 heavy (non-hydrogen) atoms. The van der Waals surface area contributed by atoms with Crippen molar-refractivity contribution in [3.63, 3.8) is 0 Å². The van der Waals surface area contributed by atoms with Gasteiger partial charge in [-0.2, -0.15) is 4.68 Å². The van der Waals surface area contributed by atoms with Crippen molar-refractivity contribution >= 4 is 23.5 Å². The predicted molar refractivity (Wildman–Crippen MR) is 143 cm³/mol. The number of amides is 1. The number of aromatic nitrogens is 8. The molecule has 5 heterocycles. The van der Waals surface area contributed by atoms with Crippen molar-refractivity contribution in [2.24, 2.45) is 0 Å². The highest BCUT2D eigenvalue weighted by Gasteiger charge is 2.28. The standard InChI is InChI=1S/C26H22ClN9O3/c1-2-34(26(38)39)23-8-3-15(12-28-23)20-13-29-25(31-20)22-7-5-18-9-16(10-24(37)36(18)22)19-11-17(27)4-6-21(19)35-14-30-32-33-35/h3-4,6,8-14,22H,2,5,7H2,1H3,(H,29,31)(H,38,39)/t22-/m0/s1. The van der Waals surface area contributed by atoms with Crippen LogP contribution < -0.4 is 10.5 Å². The highest BCUT2D eigenvalue weighted by atomic mass is 35.5. The lowest BCUT2D eigenvalue weighted by atomic mass is 10.0. The Labute approximate surface area is 226 Å². The van der Waals surface area contributed by atoms with E-state index in [4.69, 9.17) is 11.6 Å². The third-order valence-corrected chi connectivity index (χ3v) is 7.03. The summed E-state index contributed by atoms with van der Waals surface area (Å²) in [6, 6.07) is 12.2. The lowest BCUT2D eigenvalue weighted by Crippen LogP contribution is -2.29. The molecule has 0 saturated carbocycles. The number of hydrogen-bond donors (Lipinski definition) is 2. The summed E-state index contributed by atoms with van der Waals surface area (Å²) in [5, 5.41) is 21.3. The zero-order valence-electron chi connectivity index (χ0n) is 20.7. The summed E-state index contributed by atoms with van der Waals surface area (Å²) in [5.74, 6) is 1.02. The van der Waals surface area contributed by atoms with Gasteiger partial charge in [0.25, 0.3) is 5.56 Å². The molecule has 0 bridgehead atoms. The predicted octanol–water partition coefficient (Wildman–Crippen LogP) is 3.97. The lowest BCUT2D eigenvalue weighted by Gasteiger charge is -2.15. The molecule has 1 amide bonds. The first kappa shape index (κ1) is 24.5. The number of halogens is 1. The maximum Gasteiger partial charge on any atom is 0.412 e. The number of H-pyrrole nitrogens is 1. The van der Waals surface area contributed by atoms with Crippen LogP contribution in [0.1, 0.15) is 30.9 Å². The molecule has 0 unspecified atom stereocenters. The van der Waals surface area contributed by atoms with Gasteiger partial charge in [-0.15, -0.1) is 5.10 Å². The molecule has 4 aromatic heterocycles. The molecule has 1 atom stereocenters. The first-order valence-electron chi connectivity index (χ1n) is 12.2. The van der Waals surface area contributed by atoms with Crippen molar-refractivity contribution in [3.8, 4) is 28.1 Å². The number of carbonyl (C=O) groups is 1. The fourth-order valence-electron chi connectivity index (χ4n) is 4.97. The maximum atomic E-state index is 13.4. The number of aromatic amines is 1. The summed E-state index contributed by atoms with van der Waals surface area (Å²) in [6.07, 6.45) is 5.14. The number of nitrogens with one attached hydrogen (secondary N) is 1. The fourth-order valence-corrected chi connectivity index (χ4v) is 5.15. The van der Waals surface area contributed by atoms with E-state index in [9.17, 15) is 14.7 Å². The van der Waals surface area contributed by atoms with E-state index >= 15 is 0 Å². The number of benzene rings is 1. The molecule has 0 fully saturated rings. The van der Waals surface area contributed by atoms with Crippen LogP contribution in [-0.2, 0) is 6.42 Å². The Balaban J connectivity index is 1.31. The monoisotopic (exact) mass is 543 g/mol. The van der Waals surface area contributed by atoms with Gasteiger partial charge in [0.2, 0.25) is 0 Å². The molecule has 12 nitrogen and oxygen atoms in total. The van der Waals surface area contributed by atoms with E-state index in [1.165, 1.54) is 11.0 Å².